The topological polar surface area (TPSA) is 29.1 Å². The van der Waals surface area contributed by atoms with Gasteiger partial charge in [0.05, 0.1) is 11.0 Å². The molecule has 0 aliphatic carbocycles. The fourth-order valence-electron chi connectivity index (χ4n) is 1.33. The predicted octanol–water partition coefficient (Wildman–Crippen LogP) is 2.55. The quantitative estimate of drug-likeness (QED) is 0.855. The van der Waals surface area contributed by atoms with Gasteiger partial charge in [-0.25, -0.2) is 4.39 Å². The number of hydrogen-bond acceptors (Lipinski definition) is 2. The van der Waals surface area contributed by atoms with Crippen molar-refractivity contribution in [2.45, 2.75) is 13.3 Å². The second kappa shape index (κ2) is 5.37. The van der Waals surface area contributed by atoms with E-state index in [2.05, 4.69) is 21.2 Å². The van der Waals surface area contributed by atoms with E-state index in [0.29, 0.717) is 22.0 Å². The summed E-state index contributed by atoms with van der Waals surface area (Å²) in [5, 5.41) is 2.78. The van der Waals surface area contributed by atoms with E-state index >= 15 is 0 Å². The minimum atomic E-state index is -0.279. The van der Waals surface area contributed by atoms with Crippen molar-refractivity contribution in [3.8, 4) is 0 Å². The molecule has 0 saturated carbocycles. The first-order valence-corrected chi connectivity index (χ1v) is 5.55. The number of carbonyl (C=O) groups is 1. The minimum Gasteiger partial charge on any atom is -0.313 e. The molecular formula is C11H13BrFNO. The number of Topliss-reactive ketones (excluding diaryl/α,β-unsaturated/α-hetero) is 1. The fraction of sp³-hybridized carbons (Fsp3) is 0.364. The van der Waals surface area contributed by atoms with Crippen molar-refractivity contribution in [2.75, 3.05) is 13.6 Å². The number of benzene rings is 1. The van der Waals surface area contributed by atoms with Gasteiger partial charge in [-0.05, 0) is 47.1 Å². The highest BCUT2D eigenvalue weighted by Gasteiger charge is 2.11. The fourth-order valence-corrected chi connectivity index (χ4v) is 1.83. The smallest absolute Gasteiger partial charge is 0.176 e. The van der Waals surface area contributed by atoms with Crippen LogP contribution in [-0.4, -0.2) is 19.4 Å². The van der Waals surface area contributed by atoms with Crippen molar-refractivity contribution in [3.05, 3.63) is 33.5 Å². The summed E-state index contributed by atoms with van der Waals surface area (Å²) in [6.45, 7) is 2.12. The summed E-state index contributed by atoms with van der Waals surface area (Å²) >= 11 is 3.11. The van der Waals surface area contributed by atoms with E-state index in [1.165, 1.54) is 6.07 Å². The lowest BCUT2D eigenvalue weighted by Crippen LogP contribution is -2.18. The highest BCUT2D eigenvalue weighted by Crippen LogP contribution is 2.22. The molecule has 15 heavy (non-hydrogen) atoms. The maximum Gasteiger partial charge on any atom is 0.176 e. The van der Waals surface area contributed by atoms with E-state index < -0.39 is 0 Å². The molecule has 0 radical (unpaired) electrons. The van der Waals surface area contributed by atoms with Gasteiger partial charge in [0, 0.05) is 5.56 Å². The van der Waals surface area contributed by atoms with Crippen molar-refractivity contribution in [3.63, 3.8) is 0 Å². The normalized spacial score (nSPS) is 10.4. The van der Waals surface area contributed by atoms with Crippen LogP contribution < -0.4 is 5.32 Å². The Kier molecular flexibility index (Phi) is 4.42. The van der Waals surface area contributed by atoms with Gasteiger partial charge in [0.15, 0.2) is 5.78 Å². The van der Waals surface area contributed by atoms with Crippen molar-refractivity contribution >= 4 is 21.7 Å². The molecule has 0 heterocycles. The third kappa shape index (κ3) is 2.86. The molecule has 1 rings (SSSR count). The number of likely N-dealkylation sites (N-methyl/N-ethyl adjacent to an activating group) is 1. The molecule has 1 aromatic carbocycles. The first kappa shape index (κ1) is 12.3. The summed E-state index contributed by atoms with van der Waals surface area (Å²) in [6, 6.07) is 3.13. The Balaban J connectivity index is 3.10. The van der Waals surface area contributed by atoms with Crippen LogP contribution in [0.3, 0.4) is 0 Å². The summed E-state index contributed by atoms with van der Waals surface area (Å²) in [5.74, 6) is -0.314. The molecule has 4 heteroatoms. The number of ketones is 1. The second-order valence-electron chi connectivity index (χ2n) is 3.24. The largest absolute Gasteiger partial charge is 0.313 e. The molecule has 0 spiro atoms. The lowest BCUT2D eigenvalue weighted by molar-refractivity contribution is 0.0993. The van der Waals surface area contributed by atoms with Gasteiger partial charge < -0.3 is 5.32 Å². The van der Waals surface area contributed by atoms with E-state index in [1.54, 1.807) is 13.1 Å². The van der Waals surface area contributed by atoms with E-state index in [0.717, 1.165) is 0 Å². The van der Waals surface area contributed by atoms with Gasteiger partial charge in [0.1, 0.15) is 5.82 Å². The van der Waals surface area contributed by atoms with Crippen LogP contribution >= 0.6 is 15.9 Å². The molecule has 0 aliphatic heterocycles. The number of hydrogen-bond donors (Lipinski definition) is 1. The average molecular weight is 274 g/mol. The van der Waals surface area contributed by atoms with Gasteiger partial charge in [0.25, 0.3) is 0 Å². The molecule has 0 bridgehead atoms. The van der Waals surface area contributed by atoms with Crippen molar-refractivity contribution in [1.82, 2.24) is 5.32 Å². The second-order valence-corrected chi connectivity index (χ2v) is 4.09. The Labute approximate surface area is 97.0 Å². The molecule has 0 aromatic heterocycles. The van der Waals surface area contributed by atoms with Crippen LogP contribution in [0.1, 0.15) is 22.8 Å². The SMILES string of the molecule is CCc1cc(C(=O)CNC)cc(Br)c1F. The average Bonchev–Trinajstić information content (AvgIpc) is 2.22. The summed E-state index contributed by atoms with van der Waals surface area (Å²) in [6.07, 6.45) is 0.575. The van der Waals surface area contributed by atoms with Gasteiger partial charge in [0.2, 0.25) is 0 Å². The molecule has 1 N–H and O–H groups in total. The van der Waals surface area contributed by atoms with Crippen LogP contribution in [0.25, 0.3) is 0 Å². The zero-order valence-electron chi connectivity index (χ0n) is 8.73. The number of aryl methyl sites for hydroxylation is 1. The number of carbonyl (C=O) groups excluding carboxylic acids is 1. The maximum absolute atomic E-state index is 13.5. The molecule has 0 fully saturated rings. The zero-order valence-corrected chi connectivity index (χ0v) is 10.3. The van der Waals surface area contributed by atoms with Gasteiger partial charge in [-0.2, -0.15) is 0 Å². The highest BCUT2D eigenvalue weighted by molar-refractivity contribution is 9.10. The molecule has 2 nitrogen and oxygen atoms in total. The third-order valence-corrected chi connectivity index (χ3v) is 2.72. The first-order valence-electron chi connectivity index (χ1n) is 4.75. The molecule has 0 saturated heterocycles. The first-order chi connectivity index (χ1) is 7.10. The third-order valence-electron chi connectivity index (χ3n) is 2.14. The Hall–Kier alpha value is -0.740. The van der Waals surface area contributed by atoms with Gasteiger partial charge >= 0.3 is 0 Å². The molecule has 0 unspecified atom stereocenters. The lowest BCUT2D eigenvalue weighted by atomic mass is 10.1. The van der Waals surface area contributed by atoms with Gasteiger partial charge in [-0.1, -0.05) is 6.92 Å². The van der Waals surface area contributed by atoms with E-state index in [1.807, 2.05) is 6.92 Å². The number of nitrogens with one attached hydrogen (secondary N) is 1. The summed E-state index contributed by atoms with van der Waals surface area (Å²) in [4.78, 5) is 11.6. The van der Waals surface area contributed by atoms with Crippen molar-refractivity contribution in [2.24, 2.45) is 0 Å². The lowest BCUT2D eigenvalue weighted by Gasteiger charge is -2.06. The number of halogens is 2. The maximum atomic E-state index is 13.5. The van der Waals surface area contributed by atoms with E-state index in [4.69, 9.17) is 0 Å². The Morgan fingerprint density at radius 1 is 1.53 bits per heavy atom. The highest BCUT2D eigenvalue weighted by atomic mass is 79.9. The monoisotopic (exact) mass is 273 g/mol. The molecule has 1 aromatic rings. The van der Waals surface area contributed by atoms with E-state index in [-0.39, 0.29) is 18.1 Å². The van der Waals surface area contributed by atoms with Crippen LogP contribution in [0.5, 0.6) is 0 Å². The van der Waals surface area contributed by atoms with E-state index in [9.17, 15) is 9.18 Å². The van der Waals surface area contributed by atoms with Crippen LogP contribution in [0, 0.1) is 5.82 Å². The summed E-state index contributed by atoms with van der Waals surface area (Å²) in [5.41, 5.74) is 1.10. The van der Waals surface area contributed by atoms with Gasteiger partial charge in [-0.3, -0.25) is 4.79 Å². The Morgan fingerprint density at radius 3 is 2.73 bits per heavy atom. The van der Waals surface area contributed by atoms with Crippen LogP contribution in [0.2, 0.25) is 0 Å². The predicted molar refractivity (Wildman–Crippen MR) is 61.7 cm³/mol. The molecule has 0 amide bonds. The van der Waals surface area contributed by atoms with Crippen molar-refractivity contribution in [1.29, 1.82) is 0 Å². The summed E-state index contributed by atoms with van der Waals surface area (Å²) < 4.78 is 13.8. The van der Waals surface area contributed by atoms with Crippen LogP contribution in [-0.2, 0) is 6.42 Å². The summed E-state index contributed by atoms with van der Waals surface area (Å²) in [7, 11) is 1.71. The molecule has 0 aliphatic rings. The standard InChI is InChI=1S/C11H13BrFNO/c1-3-7-4-8(10(15)6-14-2)5-9(12)11(7)13/h4-5,14H,3,6H2,1-2H3. The molecule has 82 valence electrons. The Morgan fingerprint density at radius 2 is 2.20 bits per heavy atom. The Bertz CT molecular complexity index is 379. The molecule has 0 atom stereocenters. The minimum absolute atomic E-state index is 0.0344. The van der Waals surface area contributed by atoms with Gasteiger partial charge in [-0.15, -0.1) is 0 Å². The number of rotatable bonds is 4. The van der Waals surface area contributed by atoms with Crippen LogP contribution in [0.4, 0.5) is 4.39 Å². The molecular weight excluding hydrogens is 261 g/mol. The van der Waals surface area contributed by atoms with Crippen LogP contribution in [0.15, 0.2) is 16.6 Å². The zero-order chi connectivity index (χ0) is 11.4. The van der Waals surface area contributed by atoms with Crippen molar-refractivity contribution < 1.29 is 9.18 Å².